The van der Waals surface area contributed by atoms with Crippen molar-refractivity contribution >= 4 is 45.4 Å². The molecular weight excluding hydrogens is 513 g/mol. The summed E-state index contributed by atoms with van der Waals surface area (Å²) < 4.78 is 13.5. The van der Waals surface area contributed by atoms with Gasteiger partial charge in [-0.1, -0.05) is 0 Å². The topological polar surface area (TPSA) is 102 Å². The summed E-state index contributed by atoms with van der Waals surface area (Å²) >= 11 is 2.21. The molecule has 3 heterocycles. The lowest BCUT2D eigenvalue weighted by Gasteiger charge is -2.31. The van der Waals surface area contributed by atoms with Gasteiger partial charge in [0.1, 0.15) is 21.0 Å². The van der Waals surface area contributed by atoms with E-state index in [1.54, 1.807) is 20.4 Å². The molecule has 2 aromatic heterocycles. The SMILES string of the molecule is COc1ccc(CNc2nccc3c2c(I)nn3C2CCCN(C(=O)O)C2)c(OC)c1. The molecule has 1 aliphatic rings. The molecule has 0 saturated carbocycles. The Bertz CT molecular complexity index is 1100. The number of carboxylic acid groups (broad SMARTS) is 1. The van der Waals surface area contributed by atoms with Crippen molar-refractivity contribution in [3.05, 3.63) is 39.7 Å². The molecule has 1 fully saturated rings. The first-order valence-electron chi connectivity index (χ1n) is 9.97. The highest BCUT2D eigenvalue weighted by Crippen LogP contribution is 2.32. The number of anilines is 1. The van der Waals surface area contributed by atoms with E-state index in [1.807, 2.05) is 28.9 Å². The number of amides is 1. The average molecular weight is 537 g/mol. The zero-order valence-corrected chi connectivity index (χ0v) is 19.5. The van der Waals surface area contributed by atoms with Crippen molar-refractivity contribution in [2.45, 2.75) is 25.4 Å². The Hall–Kier alpha value is -2.76. The molecule has 0 bridgehead atoms. The highest BCUT2D eigenvalue weighted by molar-refractivity contribution is 14.1. The number of ether oxygens (including phenoxy) is 2. The predicted octanol–water partition coefficient (Wildman–Crippen LogP) is 3.98. The molecule has 10 heteroatoms. The average Bonchev–Trinajstić information content (AvgIpc) is 3.14. The molecule has 1 atom stereocenters. The van der Waals surface area contributed by atoms with Crippen molar-refractivity contribution in [3.63, 3.8) is 0 Å². The molecule has 0 aliphatic carbocycles. The van der Waals surface area contributed by atoms with Crippen LogP contribution in [0.4, 0.5) is 10.6 Å². The van der Waals surface area contributed by atoms with E-state index in [4.69, 9.17) is 14.6 Å². The fraction of sp³-hybridized carbons (Fsp3) is 0.381. The number of aromatic nitrogens is 3. The summed E-state index contributed by atoms with van der Waals surface area (Å²) in [6, 6.07) is 7.65. The summed E-state index contributed by atoms with van der Waals surface area (Å²) in [5.74, 6) is 2.21. The minimum Gasteiger partial charge on any atom is -0.497 e. The number of likely N-dealkylation sites (tertiary alicyclic amines) is 1. The second kappa shape index (κ2) is 9.16. The first-order chi connectivity index (χ1) is 15.0. The van der Waals surface area contributed by atoms with E-state index in [9.17, 15) is 9.90 Å². The van der Waals surface area contributed by atoms with Gasteiger partial charge in [0.15, 0.2) is 0 Å². The Balaban J connectivity index is 1.61. The van der Waals surface area contributed by atoms with Crippen molar-refractivity contribution in [3.8, 4) is 11.5 Å². The van der Waals surface area contributed by atoms with Crippen LogP contribution in [0.3, 0.4) is 0 Å². The maximum Gasteiger partial charge on any atom is 0.407 e. The van der Waals surface area contributed by atoms with Gasteiger partial charge in [-0.05, 0) is 53.6 Å². The minimum absolute atomic E-state index is 0.00722. The van der Waals surface area contributed by atoms with Crippen LogP contribution in [0.25, 0.3) is 10.9 Å². The Morgan fingerprint density at radius 1 is 1.32 bits per heavy atom. The van der Waals surface area contributed by atoms with Gasteiger partial charge in [0, 0.05) is 37.5 Å². The summed E-state index contributed by atoms with van der Waals surface area (Å²) in [4.78, 5) is 17.4. The van der Waals surface area contributed by atoms with Gasteiger partial charge in [0.25, 0.3) is 0 Å². The Kier molecular flexibility index (Phi) is 6.35. The van der Waals surface area contributed by atoms with Crippen LogP contribution in [0.5, 0.6) is 11.5 Å². The van der Waals surface area contributed by atoms with E-state index in [2.05, 4.69) is 32.9 Å². The molecule has 0 radical (unpaired) electrons. The van der Waals surface area contributed by atoms with Crippen LogP contribution in [0, 0.1) is 3.70 Å². The molecule has 1 unspecified atom stereocenters. The zero-order chi connectivity index (χ0) is 22.0. The van der Waals surface area contributed by atoms with Gasteiger partial charge in [-0.2, -0.15) is 5.10 Å². The number of piperidine rings is 1. The van der Waals surface area contributed by atoms with Crippen molar-refractivity contribution in [2.24, 2.45) is 0 Å². The summed E-state index contributed by atoms with van der Waals surface area (Å²) in [6.07, 6.45) is 2.59. The smallest absolute Gasteiger partial charge is 0.407 e. The molecule has 2 N–H and O–H groups in total. The maximum atomic E-state index is 11.4. The Morgan fingerprint density at radius 2 is 2.16 bits per heavy atom. The van der Waals surface area contributed by atoms with Crippen LogP contribution in [-0.4, -0.2) is 58.2 Å². The van der Waals surface area contributed by atoms with E-state index in [-0.39, 0.29) is 6.04 Å². The lowest BCUT2D eigenvalue weighted by Crippen LogP contribution is -2.40. The Labute approximate surface area is 193 Å². The second-order valence-corrected chi connectivity index (χ2v) is 8.37. The van der Waals surface area contributed by atoms with Crippen molar-refractivity contribution in [1.82, 2.24) is 19.7 Å². The third-order valence-corrected chi connectivity index (χ3v) is 6.29. The molecular formula is C21H24IN5O4. The molecule has 0 spiro atoms. The first kappa shape index (κ1) is 21.5. The lowest BCUT2D eigenvalue weighted by atomic mass is 10.1. The normalized spacial score (nSPS) is 16.4. The quantitative estimate of drug-likeness (QED) is 0.459. The van der Waals surface area contributed by atoms with E-state index in [0.717, 1.165) is 50.3 Å². The predicted molar refractivity (Wildman–Crippen MR) is 125 cm³/mol. The van der Waals surface area contributed by atoms with E-state index >= 15 is 0 Å². The third-order valence-electron chi connectivity index (χ3n) is 5.53. The number of benzene rings is 1. The highest BCUT2D eigenvalue weighted by Gasteiger charge is 2.27. The molecule has 164 valence electrons. The van der Waals surface area contributed by atoms with Gasteiger partial charge in [-0.3, -0.25) is 4.68 Å². The number of fused-ring (bicyclic) bond motifs is 1. The van der Waals surface area contributed by atoms with Gasteiger partial charge >= 0.3 is 6.09 Å². The van der Waals surface area contributed by atoms with E-state index in [1.165, 1.54) is 4.90 Å². The number of rotatable bonds is 6. The number of pyridine rings is 1. The summed E-state index contributed by atoms with van der Waals surface area (Å²) in [7, 11) is 3.26. The highest BCUT2D eigenvalue weighted by atomic mass is 127. The number of nitrogens with one attached hydrogen (secondary N) is 1. The maximum absolute atomic E-state index is 11.4. The fourth-order valence-electron chi connectivity index (χ4n) is 3.96. The monoisotopic (exact) mass is 537 g/mol. The second-order valence-electron chi connectivity index (χ2n) is 7.35. The van der Waals surface area contributed by atoms with E-state index < -0.39 is 6.09 Å². The zero-order valence-electron chi connectivity index (χ0n) is 17.3. The molecule has 1 amide bonds. The fourth-order valence-corrected chi connectivity index (χ4v) is 4.73. The lowest BCUT2D eigenvalue weighted by molar-refractivity contribution is 0.120. The van der Waals surface area contributed by atoms with Gasteiger partial charge in [0.2, 0.25) is 0 Å². The van der Waals surface area contributed by atoms with Crippen LogP contribution in [0.15, 0.2) is 30.5 Å². The van der Waals surface area contributed by atoms with Crippen LogP contribution in [0.1, 0.15) is 24.4 Å². The van der Waals surface area contributed by atoms with Crippen LogP contribution < -0.4 is 14.8 Å². The van der Waals surface area contributed by atoms with Gasteiger partial charge in [-0.25, -0.2) is 9.78 Å². The van der Waals surface area contributed by atoms with Crippen molar-refractivity contribution in [2.75, 3.05) is 32.6 Å². The molecule has 31 heavy (non-hydrogen) atoms. The molecule has 4 rings (SSSR count). The molecule has 1 aliphatic heterocycles. The molecule has 9 nitrogen and oxygen atoms in total. The summed E-state index contributed by atoms with van der Waals surface area (Å²) in [5, 5.41) is 18.5. The van der Waals surface area contributed by atoms with Gasteiger partial charge in [-0.15, -0.1) is 0 Å². The Morgan fingerprint density at radius 3 is 2.90 bits per heavy atom. The van der Waals surface area contributed by atoms with Crippen LogP contribution in [-0.2, 0) is 6.54 Å². The standard InChI is InChI=1S/C21H24IN5O4/c1-30-15-6-5-13(17(10-15)31-2)11-24-20-18-16(7-8-23-20)27(25-19(18)22)14-4-3-9-26(12-14)21(28)29/h5-8,10,14H,3-4,9,11-12H2,1-2H3,(H,23,24)(H,28,29). The van der Waals surface area contributed by atoms with Gasteiger partial charge < -0.3 is 24.8 Å². The minimum atomic E-state index is -0.881. The number of methoxy groups -OCH3 is 2. The molecule has 3 aromatic rings. The van der Waals surface area contributed by atoms with Crippen LogP contribution in [0.2, 0.25) is 0 Å². The number of hydrogen-bond donors (Lipinski definition) is 2. The molecule has 1 saturated heterocycles. The number of carbonyl (C=O) groups is 1. The number of hydrogen-bond acceptors (Lipinski definition) is 6. The largest absolute Gasteiger partial charge is 0.497 e. The first-order valence-corrected chi connectivity index (χ1v) is 11.0. The summed E-state index contributed by atoms with van der Waals surface area (Å²) in [6.45, 7) is 1.53. The molecule has 1 aromatic carbocycles. The van der Waals surface area contributed by atoms with Crippen LogP contribution >= 0.6 is 22.6 Å². The van der Waals surface area contributed by atoms with Gasteiger partial charge in [0.05, 0.1) is 31.2 Å². The third kappa shape index (κ3) is 4.34. The van der Waals surface area contributed by atoms with Crippen molar-refractivity contribution < 1.29 is 19.4 Å². The number of halogens is 1. The number of nitrogens with zero attached hydrogens (tertiary/aromatic N) is 4. The van der Waals surface area contributed by atoms with Crippen molar-refractivity contribution in [1.29, 1.82) is 0 Å². The summed E-state index contributed by atoms with van der Waals surface area (Å²) in [5.41, 5.74) is 1.93. The van der Waals surface area contributed by atoms with E-state index in [0.29, 0.717) is 19.6 Å².